The Morgan fingerprint density at radius 3 is 1.59 bits per heavy atom. The Morgan fingerprint density at radius 1 is 0.719 bits per heavy atom. The lowest BCUT2D eigenvalue weighted by molar-refractivity contribution is -0.182. The third kappa shape index (κ3) is 3.97. The van der Waals surface area contributed by atoms with Crippen molar-refractivity contribution in [1.82, 2.24) is 0 Å². The molecule has 0 amide bonds. The third-order valence-corrected chi connectivity index (χ3v) is 5.85. The van der Waals surface area contributed by atoms with Crippen molar-refractivity contribution in [3.63, 3.8) is 0 Å². The van der Waals surface area contributed by atoms with E-state index in [2.05, 4.69) is 0 Å². The molecule has 11 heteroatoms. The highest BCUT2D eigenvalue weighted by Crippen LogP contribution is 2.45. The predicted octanol–water partition coefficient (Wildman–Crippen LogP) is 4.47. The van der Waals surface area contributed by atoms with Crippen molar-refractivity contribution in [2.24, 2.45) is 5.92 Å². The molecular weight excluding hydrogens is 437 g/mol. The van der Waals surface area contributed by atoms with Crippen LogP contribution in [0.2, 0.25) is 0 Å². The second-order valence-corrected chi connectivity index (χ2v) is 7.61. The molecule has 1 fully saturated rings. The lowest BCUT2D eigenvalue weighted by atomic mass is 9.75. The van der Waals surface area contributed by atoms with Crippen LogP contribution in [0.4, 0.5) is 13.2 Å². The summed E-state index contributed by atoms with van der Waals surface area (Å²) in [6.45, 7) is 0. The van der Waals surface area contributed by atoms with Crippen LogP contribution in [0.25, 0.3) is 10.8 Å². The molecule has 0 bridgehead atoms. The fourth-order valence-corrected chi connectivity index (χ4v) is 4.40. The maximum atomic E-state index is 13.0. The highest BCUT2D eigenvalue weighted by molar-refractivity contribution is 6.22. The molecule has 0 unspecified atom stereocenters. The van der Waals surface area contributed by atoms with Gasteiger partial charge in [-0.1, -0.05) is 0 Å². The summed E-state index contributed by atoms with van der Waals surface area (Å²) in [5, 5.41) is 37.5. The molecule has 0 saturated heterocycles. The lowest BCUT2D eigenvalue weighted by Gasteiger charge is -2.31. The fourth-order valence-electron chi connectivity index (χ4n) is 4.40. The van der Waals surface area contributed by atoms with Gasteiger partial charge in [0.25, 0.3) is 0 Å². The molecule has 1 aliphatic carbocycles. The second kappa shape index (κ2) is 8.13. The van der Waals surface area contributed by atoms with Gasteiger partial charge in [0.15, 0.2) is 0 Å². The number of carboxylic acids is 4. The molecule has 0 atom stereocenters. The zero-order chi connectivity index (χ0) is 24.0. The summed E-state index contributed by atoms with van der Waals surface area (Å²) < 4.78 is 39.1. The maximum Gasteiger partial charge on any atom is 0.391 e. The molecule has 0 spiro atoms. The van der Waals surface area contributed by atoms with Crippen molar-refractivity contribution < 1.29 is 52.8 Å². The van der Waals surface area contributed by atoms with Crippen molar-refractivity contribution in [3.8, 4) is 0 Å². The van der Waals surface area contributed by atoms with Crippen LogP contribution in [-0.4, -0.2) is 50.5 Å². The predicted molar refractivity (Wildman–Crippen MR) is 103 cm³/mol. The van der Waals surface area contributed by atoms with Gasteiger partial charge in [0.05, 0.1) is 28.2 Å². The van der Waals surface area contributed by atoms with Crippen LogP contribution in [0.5, 0.6) is 0 Å². The highest BCUT2D eigenvalue weighted by Gasteiger charge is 2.42. The third-order valence-electron chi connectivity index (χ3n) is 5.85. The molecule has 170 valence electrons. The zero-order valence-corrected chi connectivity index (χ0v) is 16.3. The minimum Gasteiger partial charge on any atom is -0.478 e. The van der Waals surface area contributed by atoms with E-state index in [-0.39, 0.29) is 31.2 Å². The molecule has 1 saturated carbocycles. The number of halogens is 3. The lowest BCUT2D eigenvalue weighted by Crippen LogP contribution is -2.28. The van der Waals surface area contributed by atoms with Gasteiger partial charge in [0.2, 0.25) is 0 Å². The van der Waals surface area contributed by atoms with Crippen molar-refractivity contribution >= 4 is 34.6 Å². The summed E-state index contributed by atoms with van der Waals surface area (Å²) in [6, 6.07) is 2.70. The van der Waals surface area contributed by atoms with E-state index < -0.39 is 74.9 Å². The van der Waals surface area contributed by atoms with Crippen LogP contribution in [0.3, 0.4) is 0 Å². The number of carbonyl (C=O) groups is 4. The number of hydrogen-bond donors (Lipinski definition) is 4. The van der Waals surface area contributed by atoms with E-state index in [4.69, 9.17) is 0 Å². The minimum absolute atomic E-state index is 0.0873. The van der Waals surface area contributed by atoms with E-state index in [0.717, 1.165) is 18.2 Å². The molecule has 0 radical (unpaired) electrons. The molecule has 3 rings (SSSR count). The van der Waals surface area contributed by atoms with E-state index in [1.165, 1.54) is 0 Å². The quantitative estimate of drug-likeness (QED) is 0.517. The molecule has 0 aromatic heterocycles. The molecule has 4 N–H and O–H groups in total. The van der Waals surface area contributed by atoms with Gasteiger partial charge in [-0.3, -0.25) is 0 Å². The first kappa shape index (κ1) is 23.0. The summed E-state index contributed by atoms with van der Waals surface area (Å²) in [4.78, 5) is 47.6. The molecule has 2 aromatic carbocycles. The number of rotatable bonds is 5. The summed E-state index contributed by atoms with van der Waals surface area (Å²) in [6.07, 6.45) is -5.18. The van der Waals surface area contributed by atoms with Gasteiger partial charge >= 0.3 is 30.1 Å². The molecule has 1 aliphatic rings. The van der Waals surface area contributed by atoms with E-state index in [1.54, 1.807) is 0 Å². The number of aromatic carboxylic acids is 4. The smallest absolute Gasteiger partial charge is 0.391 e. The molecule has 0 heterocycles. The van der Waals surface area contributed by atoms with Crippen LogP contribution in [-0.2, 0) is 0 Å². The van der Waals surface area contributed by atoms with E-state index in [1.807, 2.05) is 0 Å². The molecule has 2 aromatic rings. The second-order valence-electron chi connectivity index (χ2n) is 7.61. The summed E-state index contributed by atoms with van der Waals surface area (Å²) in [7, 11) is 0. The first-order chi connectivity index (χ1) is 14.8. The number of hydrogen-bond acceptors (Lipinski definition) is 4. The molecular formula is C21H17F3O8. The van der Waals surface area contributed by atoms with Crippen LogP contribution < -0.4 is 0 Å². The van der Waals surface area contributed by atoms with Gasteiger partial charge in [-0.15, -0.1) is 0 Å². The Balaban J connectivity index is 2.36. The number of benzene rings is 2. The summed E-state index contributed by atoms with van der Waals surface area (Å²) >= 11 is 0. The Bertz CT molecular complexity index is 1140. The van der Waals surface area contributed by atoms with E-state index in [9.17, 15) is 52.8 Å². The first-order valence-corrected chi connectivity index (χ1v) is 9.48. The highest BCUT2D eigenvalue weighted by atomic mass is 19.4. The van der Waals surface area contributed by atoms with Crippen LogP contribution in [0, 0.1) is 5.92 Å². The Hall–Kier alpha value is -3.63. The Morgan fingerprint density at radius 2 is 1.19 bits per heavy atom. The molecule has 0 aliphatic heterocycles. The Labute approximate surface area is 177 Å². The monoisotopic (exact) mass is 454 g/mol. The van der Waals surface area contributed by atoms with Crippen molar-refractivity contribution in [1.29, 1.82) is 0 Å². The van der Waals surface area contributed by atoms with Crippen molar-refractivity contribution in [3.05, 3.63) is 46.0 Å². The Kier molecular flexibility index (Phi) is 5.86. The summed E-state index contributed by atoms with van der Waals surface area (Å²) in [5.41, 5.74) is -2.57. The number of fused-ring (bicyclic) bond motifs is 1. The SMILES string of the molecule is O=C(O)c1ccc(C(=O)O)c2c(C(=O)O)c(C3CCC(C(F)(F)F)CC3)cc(C(=O)O)c12. The van der Waals surface area contributed by atoms with Gasteiger partial charge in [-0.25, -0.2) is 19.2 Å². The largest absolute Gasteiger partial charge is 0.478 e. The van der Waals surface area contributed by atoms with Crippen LogP contribution in [0.15, 0.2) is 18.2 Å². The topological polar surface area (TPSA) is 149 Å². The number of carboxylic acid groups (broad SMARTS) is 4. The average Bonchev–Trinajstić information content (AvgIpc) is 2.70. The average molecular weight is 454 g/mol. The standard InChI is InChI=1S/C21H17F3O8/c22-21(23,24)9-3-1-8(2-4-9)12-7-13(19(29)30)14-10(17(25)26)5-6-11(18(27)28)15(14)16(12)20(31)32/h5-9H,1-4H2,(H,25,26)(H,27,28)(H,29,30)(H,31,32). The van der Waals surface area contributed by atoms with Gasteiger partial charge < -0.3 is 20.4 Å². The number of alkyl halides is 3. The van der Waals surface area contributed by atoms with Gasteiger partial charge in [-0.2, -0.15) is 13.2 Å². The van der Waals surface area contributed by atoms with Crippen molar-refractivity contribution in [2.75, 3.05) is 0 Å². The molecule has 32 heavy (non-hydrogen) atoms. The molecule has 8 nitrogen and oxygen atoms in total. The summed E-state index contributed by atoms with van der Waals surface area (Å²) in [5.74, 6) is -8.79. The van der Waals surface area contributed by atoms with E-state index >= 15 is 0 Å². The zero-order valence-electron chi connectivity index (χ0n) is 16.3. The first-order valence-electron chi connectivity index (χ1n) is 9.48. The van der Waals surface area contributed by atoms with Crippen LogP contribution in [0.1, 0.15) is 78.6 Å². The van der Waals surface area contributed by atoms with Gasteiger partial charge in [-0.05, 0) is 55.4 Å². The maximum absolute atomic E-state index is 13.0. The van der Waals surface area contributed by atoms with Gasteiger partial charge in [0, 0.05) is 10.8 Å². The van der Waals surface area contributed by atoms with Gasteiger partial charge in [0.1, 0.15) is 0 Å². The van der Waals surface area contributed by atoms with Crippen LogP contribution >= 0.6 is 0 Å². The fraction of sp³-hybridized carbons (Fsp3) is 0.333. The van der Waals surface area contributed by atoms with E-state index in [0.29, 0.717) is 0 Å². The van der Waals surface area contributed by atoms with Crippen molar-refractivity contribution in [2.45, 2.75) is 37.8 Å². The normalized spacial score (nSPS) is 19.0. The minimum atomic E-state index is -4.41.